The Morgan fingerprint density at radius 2 is 1.72 bits per heavy atom. The molecule has 69 heavy (non-hydrogen) atoms. The Morgan fingerprint density at radius 1 is 0.928 bits per heavy atom. The highest BCUT2D eigenvalue weighted by Gasteiger charge is 2.46. The number of fused-ring (bicyclic) bond motifs is 3. The van der Waals surface area contributed by atoms with Gasteiger partial charge in [0.15, 0.2) is 5.82 Å². The van der Waals surface area contributed by atoms with Crippen LogP contribution in [0.4, 0.5) is 20.3 Å². The maximum atomic E-state index is 17.0. The van der Waals surface area contributed by atoms with Gasteiger partial charge in [0, 0.05) is 107 Å². The predicted octanol–water partition coefficient (Wildman–Crippen LogP) is 5.53. The Labute approximate surface area is 398 Å². The zero-order chi connectivity index (χ0) is 47.8. The molecule has 11 rings (SSSR count). The van der Waals surface area contributed by atoms with Crippen molar-refractivity contribution in [2.45, 2.75) is 76.0 Å². The van der Waals surface area contributed by atoms with E-state index in [-0.39, 0.29) is 46.2 Å². The lowest BCUT2D eigenvalue weighted by Gasteiger charge is -2.44. The molecular formula is C52H56F2N10O5. The van der Waals surface area contributed by atoms with Crippen molar-refractivity contribution in [1.82, 2.24) is 39.2 Å². The summed E-state index contributed by atoms with van der Waals surface area (Å²) < 4.78 is 41.6. The molecule has 1 aliphatic carbocycles. The number of carbonyl (C=O) groups excluding carboxylic acids is 2. The number of piperazine rings is 1. The average molecular weight is 939 g/mol. The highest BCUT2D eigenvalue weighted by atomic mass is 19.1. The molecule has 358 valence electrons. The number of hydrogen-bond acceptors (Lipinski definition) is 12. The summed E-state index contributed by atoms with van der Waals surface area (Å²) in [7, 11) is 1.73. The van der Waals surface area contributed by atoms with Crippen molar-refractivity contribution in [1.29, 1.82) is 0 Å². The summed E-state index contributed by atoms with van der Waals surface area (Å²) in [5.74, 6) is 0.885. The SMILES string of the molecule is C#Cc1c(F)ccc2cccc(-c3ncc4c(N5CCC[C@@](C)(O)C5)nc(OCC5(CN6CCN(C7CCN(c8ccc9c(c8)n(C)c(=O)n9C8CCC(=O)NC8=O)CC7)CC6)CC5)nc4c3F)c12. The summed E-state index contributed by atoms with van der Waals surface area (Å²) in [5, 5.41) is 14.9. The van der Waals surface area contributed by atoms with Crippen LogP contribution in [0.5, 0.6) is 6.01 Å². The molecule has 3 aromatic carbocycles. The number of nitrogens with zero attached hydrogens (tertiary/aromatic N) is 9. The number of amides is 2. The second kappa shape index (κ2) is 17.5. The topological polar surface area (TPSA) is 154 Å². The maximum absolute atomic E-state index is 17.0. The highest BCUT2D eigenvalue weighted by Crippen LogP contribution is 2.47. The van der Waals surface area contributed by atoms with Crippen molar-refractivity contribution in [2.24, 2.45) is 12.5 Å². The van der Waals surface area contributed by atoms with Gasteiger partial charge in [0.05, 0.1) is 34.2 Å². The van der Waals surface area contributed by atoms with Crippen LogP contribution in [0.3, 0.4) is 0 Å². The number of terminal acetylenes is 1. The van der Waals surface area contributed by atoms with Crippen LogP contribution in [-0.2, 0) is 16.6 Å². The van der Waals surface area contributed by atoms with E-state index in [2.05, 4.69) is 35.9 Å². The Balaban J connectivity index is 0.750. The minimum absolute atomic E-state index is 0.00718. The fraction of sp³-hybridized carbons (Fsp3) is 0.462. The third-order valence-corrected chi connectivity index (χ3v) is 15.4. The number of benzene rings is 3. The Morgan fingerprint density at radius 3 is 2.46 bits per heavy atom. The standard InChI is InChI=1S/C52H56F2N10O5/c1-4-35-38(53)11-9-32-7-5-8-36(43(32)35)45-44(54)46-37(28-55-45)47(63-20-6-17-51(2,68)29-63)58-49(57-46)69-31-52(18-19-52)30-60-23-25-62(26-24-60)33-15-21-61(22-16-33)34-10-12-39-41(27-34)59(3)50(67)64(39)40-13-14-42(65)56-48(40)66/h1,5,7-12,27-28,33,40,68H,6,13-26,29-31H2,2-3H3,(H,56,65,66)/t40?,51-/m1/s1. The van der Waals surface area contributed by atoms with Crippen LogP contribution in [-0.4, -0.2) is 128 Å². The molecule has 0 spiro atoms. The number of ether oxygens (including phenoxy) is 1. The zero-order valence-corrected chi connectivity index (χ0v) is 39.0. The third kappa shape index (κ3) is 8.35. The minimum Gasteiger partial charge on any atom is -0.463 e. The third-order valence-electron chi connectivity index (χ3n) is 15.4. The number of halogens is 2. The van der Waals surface area contributed by atoms with Crippen molar-refractivity contribution < 1.29 is 28.2 Å². The van der Waals surface area contributed by atoms with Gasteiger partial charge in [-0.05, 0) is 81.5 Å². The van der Waals surface area contributed by atoms with Crippen LogP contribution in [0.25, 0.3) is 44.0 Å². The lowest BCUT2D eigenvalue weighted by atomic mass is 9.95. The van der Waals surface area contributed by atoms with Crippen molar-refractivity contribution in [3.63, 3.8) is 0 Å². The predicted molar refractivity (Wildman–Crippen MR) is 259 cm³/mol. The van der Waals surface area contributed by atoms with Gasteiger partial charge in [-0.15, -0.1) is 6.42 Å². The number of aryl methyl sites for hydroxylation is 1. The van der Waals surface area contributed by atoms with Crippen LogP contribution in [0.1, 0.15) is 69.9 Å². The van der Waals surface area contributed by atoms with E-state index in [1.54, 1.807) is 49.0 Å². The number of aliphatic hydroxyl groups is 1. The molecule has 2 amide bonds. The first-order valence-electron chi connectivity index (χ1n) is 24.2. The fourth-order valence-electron chi connectivity index (χ4n) is 11.4. The van der Waals surface area contributed by atoms with Crippen molar-refractivity contribution in [3.8, 4) is 29.6 Å². The summed E-state index contributed by atoms with van der Waals surface area (Å²) in [4.78, 5) is 61.4. The minimum atomic E-state index is -0.961. The molecule has 0 bridgehead atoms. The van der Waals surface area contributed by atoms with Crippen molar-refractivity contribution >= 4 is 56.0 Å². The second-order valence-electron chi connectivity index (χ2n) is 20.2. The number of hydrogen-bond donors (Lipinski definition) is 2. The lowest BCUT2D eigenvalue weighted by molar-refractivity contribution is -0.135. The molecule has 4 aliphatic heterocycles. The molecule has 2 atom stereocenters. The van der Waals surface area contributed by atoms with Gasteiger partial charge in [0.1, 0.15) is 28.9 Å². The zero-order valence-electron chi connectivity index (χ0n) is 39.0. The van der Waals surface area contributed by atoms with E-state index in [1.165, 1.54) is 10.6 Å². The Hall–Kier alpha value is -6.48. The molecule has 0 radical (unpaired) electrons. The molecule has 4 saturated heterocycles. The molecule has 5 aliphatic rings. The number of carbonyl (C=O) groups is 2. The summed E-state index contributed by atoms with van der Waals surface area (Å²) in [6.07, 6.45) is 13.2. The van der Waals surface area contributed by atoms with Gasteiger partial charge in [0.25, 0.3) is 0 Å². The molecule has 6 aromatic rings. The molecule has 5 fully saturated rings. The largest absolute Gasteiger partial charge is 0.463 e. The lowest BCUT2D eigenvalue weighted by Crippen LogP contribution is -2.54. The Bertz CT molecular complexity index is 3140. The van der Waals surface area contributed by atoms with Crippen LogP contribution in [0, 0.1) is 29.4 Å². The van der Waals surface area contributed by atoms with E-state index >= 15 is 4.39 Å². The van der Waals surface area contributed by atoms with Gasteiger partial charge in [-0.2, -0.15) is 9.97 Å². The number of pyridine rings is 1. The van der Waals surface area contributed by atoms with Gasteiger partial charge >= 0.3 is 11.7 Å². The number of rotatable bonds is 10. The van der Waals surface area contributed by atoms with Gasteiger partial charge in [-0.1, -0.05) is 30.2 Å². The summed E-state index contributed by atoms with van der Waals surface area (Å²) in [6, 6.07) is 14.0. The van der Waals surface area contributed by atoms with Crippen molar-refractivity contribution in [2.75, 3.05) is 75.3 Å². The number of anilines is 2. The normalized spacial score (nSPS) is 22.6. The first-order valence-corrected chi connectivity index (χ1v) is 24.2. The monoisotopic (exact) mass is 938 g/mol. The van der Waals surface area contributed by atoms with Gasteiger partial charge in [0.2, 0.25) is 11.8 Å². The maximum Gasteiger partial charge on any atom is 0.329 e. The van der Waals surface area contributed by atoms with E-state index in [1.807, 2.05) is 23.1 Å². The molecule has 1 unspecified atom stereocenters. The van der Waals surface area contributed by atoms with E-state index in [9.17, 15) is 23.9 Å². The van der Waals surface area contributed by atoms with Gasteiger partial charge < -0.3 is 24.5 Å². The number of imide groups is 1. The number of β-amino-alcohol motifs (C(OH)–C–C–N with tert-alkyl or cyclic N) is 1. The van der Waals surface area contributed by atoms with Crippen LogP contribution < -0.4 is 25.5 Å². The molecule has 3 aromatic heterocycles. The molecule has 15 nitrogen and oxygen atoms in total. The van der Waals surface area contributed by atoms with E-state index < -0.39 is 29.2 Å². The number of imidazole rings is 1. The second-order valence-corrected chi connectivity index (χ2v) is 20.2. The van der Waals surface area contributed by atoms with Gasteiger partial charge in [-0.3, -0.25) is 33.9 Å². The molecule has 17 heteroatoms. The van der Waals surface area contributed by atoms with Gasteiger partial charge in [-0.25, -0.2) is 13.6 Å². The fourth-order valence-corrected chi connectivity index (χ4v) is 11.4. The van der Waals surface area contributed by atoms with Crippen molar-refractivity contribution in [3.05, 3.63) is 82.4 Å². The highest BCUT2D eigenvalue weighted by molar-refractivity contribution is 6.02. The summed E-state index contributed by atoms with van der Waals surface area (Å²) >= 11 is 0. The van der Waals surface area contributed by atoms with Crippen LogP contribution in [0.2, 0.25) is 0 Å². The average Bonchev–Trinajstić information content (AvgIpc) is 4.07. The quantitative estimate of drug-likeness (QED) is 0.131. The van der Waals surface area contributed by atoms with Crippen LogP contribution >= 0.6 is 0 Å². The molecule has 2 N–H and O–H groups in total. The molecule has 7 heterocycles. The molecular weight excluding hydrogens is 883 g/mol. The number of nitrogens with one attached hydrogen (secondary N) is 1. The number of piperidine rings is 3. The van der Waals surface area contributed by atoms with E-state index in [0.717, 1.165) is 89.1 Å². The summed E-state index contributed by atoms with van der Waals surface area (Å²) in [5.41, 5.74) is 1.61. The van der Waals surface area contributed by atoms with E-state index in [0.29, 0.717) is 71.6 Å². The molecule has 1 saturated carbocycles. The van der Waals surface area contributed by atoms with Crippen LogP contribution in [0.15, 0.2) is 59.5 Å². The first kappa shape index (κ1) is 45.0. The smallest absolute Gasteiger partial charge is 0.329 e. The van der Waals surface area contributed by atoms with E-state index in [4.69, 9.17) is 16.1 Å². The Kier molecular flexibility index (Phi) is 11.4. The number of aromatic nitrogens is 5. The summed E-state index contributed by atoms with van der Waals surface area (Å²) in [6.45, 7) is 9.59. The first-order chi connectivity index (χ1) is 33.3.